The van der Waals surface area contributed by atoms with Gasteiger partial charge < -0.3 is 45.8 Å². The number of rotatable bonds is 13. The first-order chi connectivity index (χ1) is 48.9. The monoisotopic (exact) mass is 1550 g/mol. The molecule has 8 aromatic carbocycles. The van der Waals surface area contributed by atoms with Crippen LogP contribution in [0, 0.1) is 43.5 Å². The third-order valence-electron chi connectivity index (χ3n) is 14.2. The standard InChI is InChI=1S/C18H13FN2O4.C18H15FN2O2.C17H13FN2O2.C12H10FNO2.C6H6BNO4.4CH4.Cl3OP.H2/c1-25-17-10-18(22)20(14-3-2-4-15(9-14)21(23)24)11-16(17)12-5-7-13(19)8-6-12;1-23-17-10-18(22)21(15-4-2-3-14(20)9-15)11-16(17)12-5-7-13(19)8-6-12;18-12-6-4-11(5-7-12)15-10-20(17(22)9-16(15)21)14-3-1-2-13(19)8-14;1-16-11-6-12(15)14-7-10(11)8-2-4-9(13)5-3-8;9-7(10)5-2-1-3-6(4-5)8(11)12;;;;;1-5(2,3)4;/h2-11H,1H3;2-11H,20H2,1H3;1-10,21H,19H2;2-7H,1H3,(H,14,15);1-4,9-10H;4*1H4;;1H. The molecule has 12 rings (SSSR count). The molecule has 0 bridgehead atoms. The molecule has 0 aliphatic rings. The molecule has 0 spiro atoms. The van der Waals surface area contributed by atoms with Crippen LogP contribution in [0.5, 0.6) is 23.0 Å². The quantitative estimate of drug-likeness (QED) is 0.0156. The van der Waals surface area contributed by atoms with Gasteiger partial charge in [-0.1, -0.05) is 109 Å². The number of nitro benzene ring substituents is 2. The topological polar surface area (TPSA) is 343 Å². The van der Waals surface area contributed by atoms with Gasteiger partial charge >= 0.3 is 12.3 Å². The second-order valence-electron chi connectivity index (χ2n) is 21.1. The van der Waals surface area contributed by atoms with Crippen molar-refractivity contribution in [1.29, 1.82) is 0 Å². The Morgan fingerprint density at radius 2 is 0.766 bits per heavy atom. The Balaban J connectivity index is 0.000000453. The minimum Gasteiger partial charge on any atom is -0.507 e. The second-order valence-corrected chi connectivity index (χ2v) is 27.7. The summed E-state index contributed by atoms with van der Waals surface area (Å²) >= 11 is 13.8. The molecule has 8 N–H and O–H groups in total. The van der Waals surface area contributed by atoms with E-state index in [1.807, 2.05) is 0 Å². The summed E-state index contributed by atoms with van der Waals surface area (Å²) in [6.07, 6.45) is 6.25. The van der Waals surface area contributed by atoms with Crippen LogP contribution < -0.4 is 53.4 Å². The number of benzene rings is 8. The fourth-order valence-electron chi connectivity index (χ4n) is 9.42. The summed E-state index contributed by atoms with van der Waals surface area (Å²) in [5, 5.41) is 45.3. The number of halogens is 7. The first-order valence-corrected chi connectivity index (χ1v) is 34.0. The highest BCUT2D eigenvalue weighted by Gasteiger charge is 2.18. The Hall–Kier alpha value is -12.0. The molecule has 32 heteroatoms. The van der Waals surface area contributed by atoms with Crippen LogP contribution in [-0.4, -0.2) is 72.1 Å². The van der Waals surface area contributed by atoms with E-state index in [4.69, 9.17) is 35.7 Å². The van der Waals surface area contributed by atoms with Gasteiger partial charge in [-0.15, -0.1) is 0 Å². The maximum Gasteiger partial charge on any atom is 0.488 e. The number of nitro groups is 2. The Bertz CT molecular complexity index is 5270. The van der Waals surface area contributed by atoms with E-state index in [0.717, 1.165) is 28.8 Å². The summed E-state index contributed by atoms with van der Waals surface area (Å²) in [6.45, 7) is 0. The molecule has 562 valence electrons. The van der Waals surface area contributed by atoms with E-state index in [0.29, 0.717) is 73.5 Å². The van der Waals surface area contributed by atoms with Crippen LogP contribution in [0.2, 0.25) is 0 Å². The van der Waals surface area contributed by atoms with E-state index in [-0.39, 0.29) is 93.7 Å². The van der Waals surface area contributed by atoms with Crippen molar-refractivity contribution in [2.24, 2.45) is 0 Å². The largest absolute Gasteiger partial charge is 0.507 e. The van der Waals surface area contributed by atoms with Crippen LogP contribution in [0.4, 0.5) is 40.3 Å². The van der Waals surface area contributed by atoms with Crippen LogP contribution in [0.3, 0.4) is 0 Å². The van der Waals surface area contributed by atoms with Crippen molar-refractivity contribution in [1.82, 2.24) is 18.7 Å². The van der Waals surface area contributed by atoms with Gasteiger partial charge in [0.1, 0.15) is 46.3 Å². The van der Waals surface area contributed by atoms with Crippen molar-refractivity contribution in [3.8, 4) is 84.6 Å². The molecule has 4 aromatic heterocycles. The molecular formula is C75H75BCl3F4N8O15P. The summed E-state index contributed by atoms with van der Waals surface area (Å²) in [5.41, 5.74) is 18.0. The van der Waals surface area contributed by atoms with E-state index < -0.39 is 27.7 Å². The summed E-state index contributed by atoms with van der Waals surface area (Å²) < 4.78 is 81.4. The molecule has 4 heterocycles. The Morgan fingerprint density at radius 1 is 0.458 bits per heavy atom. The summed E-state index contributed by atoms with van der Waals surface area (Å²) in [6, 6.07) is 53.4. The van der Waals surface area contributed by atoms with E-state index in [1.54, 1.807) is 116 Å². The molecule has 0 atom stereocenters. The third-order valence-corrected chi connectivity index (χ3v) is 14.2. The average molecular weight is 1550 g/mol. The molecule has 12 aromatic rings. The third kappa shape index (κ3) is 26.0. The molecule has 0 radical (unpaired) electrons. The van der Waals surface area contributed by atoms with Crippen LogP contribution >= 0.6 is 38.9 Å². The van der Waals surface area contributed by atoms with Crippen molar-refractivity contribution in [3.05, 3.63) is 328 Å². The van der Waals surface area contributed by atoms with Crippen molar-refractivity contribution in [3.63, 3.8) is 0 Å². The number of hydrogen-bond donors (Lipinski definition) is 6. The lowest BCUT2D eigenvalue weighted by Crippen LogP contribution is -2.29. The minimum absolute atomic E-state index is 0. The molecule has 107 heavy (non-hydrogen) atoms. The first kappa shape index (κ1) is 89.2. The lowest BCUT2D eigenvalue weighted by molar-refractivity contribution is -0.385. The van der Waals surface area contributed by atoms with Crippen molar-refractivity contribution in [2.75, 3.05) is 32.8 Å². The van der Waals surface area contributed by atoms with Gasteiger partial charge in [0.15, 0.2) is 0 Å². The van der Waals surface area contributed by atoms with Gasteiger partial charge in [-0.05, 0) is 152 Å². The van der Waals surface area contributed by atoms with Gasteiger partial charge in [-0.3, -0.25) is 57.7 Å². The van der Waals surface area contributed by atoms with Gasteiger partial charge in [0, 0.05) is 108 Å². The Labute approximate surface area is 627 Å². The summed E-state index contributed by atoms with van der Waals surface area (Å²) in [7, 11) is 2.75. The van der Waals surface area contributed by atoms with Crippen molar-refractivity contribution >= 4 is 74.3 Å². The zero-order chi connectivity index (χ0) is 75.2. The number of hydrogen-bond acceptors (Lipinski definition) is 17. The predicted octanol–water partition coefficient (Wildman–Crippen LogP) is 16.8. The number of aromatic amines is 1. The number of methoxy groups -OCH3 is 3. The van der Waals surface area contributed by atoms with Crippen LogP contribution in [0.1, 0.15) is 31.1 Å². The molecule has 0 fully saturated rings. The minimum atomic E-state index is -3.22. The number of non-ortho nitro benzene ring substituents is 2. The van der Waals surface area contributed by atoms with Gasteiger partial charge in [0.05, 0.1) is 48.2 Å². The number of ether oxygens (including phenoxy) is 3. The maximum atomic E-state index is 13.2. The molecule has 23 nitrogen and oxygen atoms in total. The fourth-order valence-corrected chi connectivity index (χ4v) is 9.42. The van der Waals surface area contributed by atoms with Gasteiger partial charge in [-0.2, -0.15) is 0 Å². The zero-order valence-corrected chi connectivity index (χ0v) is 57.1. The highest BCUT2D eigenvalue weighted by Crippen LogP contribution is 2.61. The number of nitrogens with zero attached hydrogens (tertiary/aromatic N) is 5. The second kappa shape index (κ2) is 41.5. The lowest BCUT2D eigenvalue weighted by atomic mass is 9.80. The molecular weight excluding hydrogens is 1480 g/mol. The summed E-state index contributed by atoms with van der Waals surface area (Å²) in [5.74, 6) is -0.293. The fraction of sp³-hybridized carbons (Fsp3) is 0.0933. The number of pyridine rings is 4. The number of nitrogens with two attached hydrogens (primary N) is 2. The van der Waals surface area contributed by atoms with Crippen LogP contribution in [0.25, 0.3) is 61.6 Å². The lowest BCUT2D eigenvalue weighted by Gasteiger charge is -2.13. The van der Waals surface area contributed by atoms with E-state index in [9.17, 15) is 66.6 Å². The maximum absolute atomic E-state index is 13.2. The van der Waals surface area contributed by atoms with Crippen LogP contribution in [-0.2, 0) is 4.57 Å². The van der Waals surface area contributed by atoms with Gasteiger partial charge in [0.25, 0.3) is 33.6 Å². The molecule has 0 unspecified atom stereocenters. The van der Waals surface area contributed by atoms with E-state index in [1.165, 1.54) is 151 Å². The van der Waals surface area contributed by atoms with E-state index >= 15 is 0 Å². The molecule has 0 saturated heterocycles. The number of nitrogen functional groups attached to an aromatic ring is 2. The zero-order valence-electron chi connectivity index (χ0n) is 53.9. The Morgan fingerprint density at radius 3 is 1.12 bits per heavy atom. The predicted molar refractivity (Wildman–Crippen MR) is 419 cm³/mol. The first-order valence-electron chi connectivity index (χ1n) is 29.6. The smallest absolute Gasteiger partial charge is 0.488 e. The molecule has 0 aliphatic heterocycles. The number of anilines is 2. The average Bonchev–Trinajstić information content (AvgIpc) is 0.804. The van der Waals surface area contributed by atoms with Crippen molar-refractivity contribution in [2.45, 2.75) is 29.7 Å². The normalized spacial score (nSPS) is 10.0. The number of aromatic hydroxyl groups is 1. The number of aromatic nitrogens is 4. The number of nitrogens with one attached hydrogen (secondary N) is 1. The number of H-pyrrole nitrogens is 1. The van der Waals surface area contributed by atoms with Gasteiger partial charge in [-0.25, -0.2) is 17.6 Å². The molecule has 0 saturated carbocycles. The van der Waals surface area contributed by atoms with Gasteiger partial charge in [0.2, 0.25) is 0 Å². The highest BCUT2D eigenvalue weighted by atomic mass is 36.0. The molecule has 0 amide bonds. The summed E-state index contributed by atoms with van der Waals surface area (Å²) in [4.78, 5) is 70.5. The van der Waals surface area contributed by atoms with E-state index in [2.05, 4.69) is 38.7 Å². The van der Waals surface area contributed by atoms with Crippen LogP contribution in [0.15, 0.2) is 262 Å². The van der Waals surface area contributed by atoms with Crippen molar-refractivity contribution < 1.29 is 62.8 Å². The molecule has 0 aliphatic carbocycles. The Kier molecular flexibility index (Phi) is 34.5. The highest BCUT2D eigenvalue weighted by molar-refractivity contribution is 8.24. The SMILES string of the molecule is C.C.C.C.COc1cc(=O)[nH]cc1-c1ccc(F)cc1.COc1cc(=O)n(-c2cccc(N)c2)cc1-c1ccc(F)cc1.COc1cc(=O)n(-c2cccc([N+](=O)[O-])c2)cc1-c1ccc(F)cc1.Nc1cccc(-n2cc(-c3ccc(F)cc3)c(O)cc2=O)c1.O=P(Cl)(Cl)Cl.O=[N+]([O-])c1cccc(B(O)O)c1.[HH].